The predicted octanol–water partition coefficient (Wildman–Crippen LogP) is 0.742. The Balaban J connectivity index is 2.74. The Labute approximate surface area is 115 Å². The molecule has 0 fully saturated rings. The number of anilines is 1. The molecule has 0 saturated heterocycles. The van der Waals surface area contributed by atoms with Gasteiger partial charge in [-0.05, 0) is 40.1 Å². The molecule has 7 heteroatoms. The Kier molecular flexibility index (Phi) is 5.71. The molecule has 108 valence electrons. The minimum Gasteiger partial charge on any atom is -0.373 e. The summed E-state index contributed by atoms with van der Waals surface area (Å²) in [6.07, 6.45) is 2.24. The summed E-state index contributed by atoms with van der Waals surface area (Å²) in [7, 11) is 2.13. The third-order valence-electron chi connectivity index (χ3n) is 2.66. The molecule has 0 amide bonds. The fourth-order valence-electron chi connectivity index (χ4n) is 1.56. The van der Waals surface area contributed by atoms with Crippen LogP contribution in [0.3, 0.4) is 0 Å². The third-order valence-corrected chi connectivity index (χ3v) is 4.25. The number of nitrogens with one attached hydrogen (secondary N) is 2. The van der Waals surface area contributed by atoms with Crippen LogP contribution >= 0.6 is 0 Å². The zero-order valence-corrected chi connectivity index (χ0v) is 12.7. The highest BCUT2D eigenvalue weighted by Crippen LogP contribution is 2.13. The predicted molar refractivity (Wildman–Crippen MR) is 76.7 cm³/mol. The molecule has 0 spiro atoms. The highest BCUT2D eigenvalue weighted by molar-refractivity contribution is 7.89. The molecular formula is C12H22N4O2S. The van der Waals surface area contributed by atoms with Gasteiger partial charge in [0.25, 0.3) is 0 Å². The van der Waals surface area contributed by atoms with Crippen molar-refractivity contribution in [3.63, 3.8) is 0 Å². The van der Waals surface area contributed by atoms with Crippen molar-refractivity contribution in [1.82, 2.24) is 14.6 Å². The van der Waals surface area contributed by atoms with Gasteiger partial charge >= 0.3 is 0 Å². The van der Waals surface area contributed by atoms with Crippen molar-refractivity contribution in [1.29, 1.82) is 0 Å². The van der Waals surface area contributed by atoms with Gasteiger partial charge in [-0.2, -0.15) is 0 Å². The summed E-state index contributed by atoms with van der Waals surface area (Å²) in [5, 5.41) is 2.82. The van der Waals surface area contributed by atoms with E-state index in [1.807, 2.05) is 25.9 Å². The molecule has 19 heavy (non-hydrogen) atoms. The van der Waals surface area contributed by atoms with Crippen LogP contribution in [0.1, 0.15) is 13.3 Å². The second kappa shape index (κ2) is 6.83. The van der Waals surface area contributed by atoms with Gasteiger partial charge in [0, 0.05) is 25.4 Å². The highest BCUT2D eigenvalue weighted by Gasteiger charge is 2.17. The van der Waals surface area contributed by atoms with E-state index in [-0.39, 0.29) is 10.9 Å². The van der Waals surface area contributed by atoms with Crippen molar-refractivity contribution in [3.05, 3.63) is 18.3 Å². The SMILES string of the molecule is CNc1cc(S(=O)(=O)NC(C)CCN(C)C)ccn1. The molecule has 0 aliphatic carbocycles. The van der Waals surface area contributed by atoms with Crippen LogP contribution in [0.5, 0.6) is 0 Å². The number of aromatic nitrogens is 1. The van der Waals surface area contributed by atoms with E-state index in [1.165, 1.54) is 18.3 Å². The second-order valence-corrected chi connectivity index (χ2v) is 6.46. The van der Waals surface area contributed by atoms with Gasteiger partial charge in [0.05, 0.1) is 4.90 Å². The first-order chi connectivity index (χ1) is 8.85. The van der Waals surface area contributed by atoms with Gasteiger partial charge in [0.1, 0.15) is 5.82 Å². The van der Waals surface area contributed by atoms with E-state index < -0.39 is 10.0 Å². The Morgan fingerprint density at radius 2 is 2.11 bits per heavy atom. The number of hydrogen-bond donors (Lipinski definition) is 2. The van der Waals surface area contributed by atoms with E-state index in [1.54, 1.807) is 7.05 Å². The van der Waals surface area contributed by atoms with Crippen molar-refractivity contribution in [2.24, 2.45) is 0 Å². The Hall–Kier alpha value is -1.18. The van der Waals surface area contributed by atoms with Gasteiger partial charge in [-0.25, -0.2) is 18.1 Å². The molecule has 6 nitrogen and oxygen atoms in total. The van der Waals surface area contributed by atoms with E-state index in [2.05, 4.69) is 15.0 Å². The number of pyridine rings is 1. The van der Waals surface area contributed by atoms with Crippen LogP contribution < -0.4 is 10.0 Å². The molecule has 0 aromatic carbocycles. The van der Waals surface area contributed by atoms with E-state index in [0.717, 1.165) is 13.0 Å². The molecule has 0 saturated carbocycles. The van der Waals surface area contributed by atoms with Crippen LogP contribution in [0.4, 0.5) is 5.82 Å². The molecule has 1 heterocycles. The quantitative estimate of drug-likeness (QED) is 0.773. The van der Waals surface area contributed by atoms with Crippen LogP contribution in [0.15, 0.2) is 23.2 Å². The van der Waals surface area contributed by atoms with E-state index in [0.29, 0.717) is 5.82 Å². The van der Waals surface area contributed by atoms with Crippen molar-refractivity contribution in [2.75, 3.05) is 33.0 Å². The Morgan fingerprint density at radius 3 is 2.68 bits per heavy atom. The summed E-state index contributed by atoms with van der Waals surface area (Å²) in [4.78, 5) is 6.25. The largest absolute Gasteiger partial charge is 0.373 e. The van der Waals surface area contributed by atoms with Crippen molar-refractivity contribution < 1.29 is 8.42 Å². The zero-order chi connectivity index (χ0) is 14.5. The number of nitrogens with zero attached hydrogens (tertiary/aromatic N) is 2. The van der Waals surface area contributed by atoms with E-state index in [9.17, 15) is 8.42 Å². The zero-order valence-electron chi connectivity index (χ0n) is 11.8. The minimum absolute atomic E-state index is 0.112. The summed E-state index contributed by atoms with van der Waals surface area (Å²) < 4.78 is 27.0. The van der Waals surface area contributed by atoms with Gasteiger partial charge < -0.3 is 10.2 Å². The van der Waals surface area contributed by atoms with Gasteiger partial charge in [-0.3, -0.25) is 0 Å². The maximum atomic E-state index is 12.2. The summed E-state index contributed by atoms with van der Waals surface area (Å²) in [6.45, 7) is 2.70. The molecule has 2 N–H and O–H groups in total. The lowest BCUT2D eigenvalue weighted by Crippen LogP contribution is -2.34. The summed E-state index contributed by atoms with van der Waals surface area (Å²) in [5.41, 5.74) is 0. The summed E-state index contributed by atoms with van der Waals surface area (Å²) >= 11 is 0. The minimum atomic E-state index is -3.49. The van der Waals surface area contributed by atoms with Crippen LogP contribution in [0, 0.1) is 0 Å². The number of rotatable bonds is 7. The molecule has 0 bridgehead atoms. The third kappa shape index (κ3) is 5.14. The molecule has 1 aromatic rings. The first kappa shape index (κ1) is 15.9. The average Bonchev–Trinajstić information content (AvgIpc) is 2.36. The molecule has 1 rings (SSSR count). The molecule has 0 aliphatic heterocycles. The van der Waals surface area contributed by atoms with Gasteiger partial charge in [-0.1, -0.05) is 0 Å². The lowest BCUT2D eigenvalue weighted by Gasteiger charge is -2.17. The normalized spacial score (nSPS) is 13.5. The maximum Gasteiger partial charge on any atom is 0.240 e. The fourth-order valence-corrected chi connectivity index (χ4v) is 2.85. The fraction of sp³-hybridized carbons (Fsp3) is 0.583. The smallest absolute Gasteiger partial charge is 0.240 e. The van der Waals surface area contributed by atoms with Crippen molar-refractivity contribution >= 4 is 15.8 Å². The molecule has 1 aromatic heterocycles. The first-order valence-corrected chi connectivity index (χ1v) is 7.64. The monoisotopic (exact) mass is 286 g/mol. The van der Waals surface area contributed by atoms with Crippen molar-refractivity contribution in [3.8, 4) is 0 Å². The summed E-state index contributed by atoms with van der Waals surface area (Å²) in [6, 6.07) is 2.89. The topological polar surface area (TPSA) is 74.3 Å². The van der Waals surface area contributed by atoms with Crippen molar-refractivity contribution in [2.45, 2.75) is 24.3 Å². The van der Waals surface area contributed by atoms with Crippen LogP contribution in [-0.2, 0) is 10.0 Å². The molecule has 1 atom stereocenters. The molecule has 1 unspecified atom stereocenters. The van der Waals surface area contributed by atoms with Crippen LogP contribution in [0.25, 0.3) is 0 Å². The van der Waals surface area contributed by atoms with Gasteiger partial charge in [0.2, 0.25) is 10.0 Å². The number of hydrogen-bond acceptors (Lipinski definition) is 5. The first-order valence-electron chi connectivity index (χ1n) is 6.16. The van der Waals surface area contributed by atoms with E-state index >= 15 is 0 Å². The number of sulfonamides is 1. The molecular weight excluding hydrogens is 264 g/mol. The second-order valence-electron chi connectivity index (χ2n) is 4.74. The standard InChI is InChI=1S/C12H22N4O2S/c1-10(6-8-16(3)4)15-19(17,18)11-5-7-14-12(9-11)13-2/h5,7,9-10,15H,6,8H2,1-4H3,(H,13,14). The molecule has 0 aliphatic rings. The molecule has 0 radical (unpaired) electrons. The lowest BCUT2D eigenvalue weighted by molar-refractivity contribution is 0.379. The lowest BCUT2D eigenvalue weighted by atomic mass is 10.2. The van der Waals surface area contributed by atoms with Crippen LogP contribution in [0.2, 0.25) is 0 Å². The average molecular weight is 286 g/mol. The van der Waals surface area contributed by atoms with Gasteiger partial charge in [-0.15, -0.1) is 0 Å². The Morgan fingerprint density at radius 1 is 1.42 bits per heavy atom. The van der Waals surface area contributed by atoms with Crippen LogP contribution in [-0.4, -0.2) is 52.0 Å². The summed E-state index contributed by atoms with van der Waals surface area (Å²) in [5.74, 6) is 0.531. The maximum absolute atomic E-state index is 12.2. The van der Waals surface area contributed by atoms with E-state index in [4.69, 9.17) is 0 Å². The van der Waals surface area contributed by atoms with Gasteiger partial charge in [0.15, 0.2) is 0 Å². The highest BCUT2D eigenvalue weighted by atomic mass is 32.2. The Bertz CT molecular complexity index is 502.